The lowest BCUT2D eigenvalue weighted by molar-refractivity contribution is -0.118. The Bertz CT molecular complexity index is 1670. The van der Waals surface area contributed by atoms with E-state index in [1.165, 1.54) is 7.11 Å². The molecule has 0 aliphatic carbocycles. The third-order valence-electron chi connectivity index (χ3n) is 7.45. The van der Waals surface area contributed by atoms with Gasteiger partial charge >= 0.3 is 5.97 Å². The van der Waals surface area contributed by atoms with E-state index in [0.717, 1.165) is 34.0 Å². The van der Waals surface area contributed by atoms with Crippen molar-refractivity contribution in [2.45, 2.75) is 39.8 Å². The van der Waals surface area contributed by atoms with Crippen LogP contribution in [-0.2, 0) is 9.53 Å². The lowest BCUT2D eigenvalue weighted by atomic mass is 9.96. The molecule has 0 bridgehead atoms. The van der Waals surface area contributed by atoms with Gasteiger partial charge in [-0.15, -0.1) is 0 Å². The molecule has 1 saturated heterocycles. The number of hydrogen-bond acceptors (Lipinski definition) is 5. The number of ether oxygens (including phenoxy) is 1. The molecule has 216 valence electrons. The fraction of sp³-hybridized carbons (Fsp3) is 0.250. The van der Waals surface area contributed by atoms with Gasteiger partial charge in [0.05, 0.1) is 46.8 Å². The third kappa shape index (κ3) is 5.37. The summed E-state index contributed by atoms with van der Waals surface area (Å²) in [6.07, 6.45) is 1.76. The summed E-state index contributed by atoms with van der Waals surface area (Å²) >= 11 is 12.6. The summed E-state index contributed by atoms with van der Waals surface area (Å²) in [7, 11) is 1.38. The summed E-state index contributed by atoms with van der Waals surface area (Å²) < 4.78 is 7.14. The van der Waals surface area contributed by atoms with E-state index in [9.17, 15) is 9.59 Å². The number of esters is 1. The number of aromatic nitrogens is 2. The summed E-state index contributed by atoms with van der Waals surface area (Å²) in [6.45, 7) is 7.69. The molecule has 8 nitrogen and oxygen atoms in total. The number of pyridine rings is 1. The van der Waals surface area contributed by atoms with Crippen LogP contribution in [0.2, 0.25) is 5.02 Å². The second kappa shape index (κ2) is 12.0. The Labute approximate surface area is 255 Å². The maximum Gasteiger partial charge on any atom is 0.339 e. The number of carbonyl (C=O) groups is 2. The number of halogens is 1. The largest absolute Gasteiger partial charge is 0.465 e. The normalized spacial score (nSPS) is 16.5. The van der Waals surface area contributed by atoms with Crippen molar-refractivity contribution in [3.63, 3.8) is 0 Å². The molecule has 0 spiro atoms. The summed E-state index contributed by atoms with van der Waals surface area (Å²) in [4.78, 5) is 31.7. The van der Waals surface area contributed by atoms with Crippen molar-refractivity contribution in [2.75, 3.05) is 17.3 Å². The van der Waals surface area contributed by atoms with Gasteiger partial charge in [0.1, 0.15) is 0 Å². The van der Waals surface area contributed by atoms with Crippen LogP contribution in [0.3, 0.4) is 0 Å². The summed E-state index contributed by atoms with van der Waals surface area (Å²) in [5.41, 5.74) is 6.23. The van der Waals surface area contributed by atoms with E-state index in [1.54, 1.807) is 18.3 Å². The minimum absolute atomic E-state index is 0.115. The highest BCUT2D eigenvalue weighted by molar-refractivity contribution is 7.80. The highest BCUT2D eigenvalue weighted by atomic mass is 35.5. The first-order valence-electron chi connectivity index (χ1n) is 13.6. The molecule has 0 saturated carbocycles. The predicted molar refractivity (Wildman–Crippen MR) is 169 cm³/mol. The van der Waals surface area contributed by atoms with Gasteiger partial charge < -0.3 is 24.8 Å². The Hall–Kier alpha value is -4.21. The van der Waals surface area contributed by atoms with Crippen LogP contribution >= 0.6 is 23.8 Å². The smallest absolute Gasteiger partial charge is 0.339 e. The number of carbonyl (C=O) groups excluding carboxylic acids is 2. The van der Waals surface area contributed by atoms with Gasteiger partial charge in [0.25, 0.3) is 0 Å². The fourth-order valence-electron chi connectivity index (χ4n) is 5.39. The lowest BCUT2D eigenvalue weighted by Gasteiger charge is -2.28. The maximum atomic E-state index is 12.7. The topological polar surface area (TPSA) is 88.5 Å². The van der Waals surface area contributed by atoms with Crippen LogP contribution in [0.5, 0.6) is 0 Å². The molecule has 2 aromatic carbocycles. The average molecular weight is 602 g/mol. The predicted octanol–water partition coefficient (Wildman–Crippen LogP) is 6.70. The molecule has 3 heterocycles. The van der Waals surface area contributed by atoms with E-state index < -0.39 is 5.97 Å². The number of hydrogen-bond donors (Lipinski definition) is 2. The molecule has 42 heavy (non-hydrogen) atoms. The molecule has 5 rings (SSSR count). The van der Waals surface area contributed by atoms with Crippen LogP contribution in [0.25, 0.3) is 5.69 Å². The highest BCUT2D eigenvalue weighted by Crippen LogP contribution is 2.45. The first kappa shape index (κ1) is 29.3. The van der Waals surface area contributed by atoms with Gasteiger partial charge in [0.15, 0.2) is 5.11 Å². The van der Waals surface area contributed by atoms with Crippen molar-refractivity contribution < 1.29 is 14.3 Å². The Morgan fingerprint density at radius 3 is 2.48 bits per heavy atom. The monoisotopic (exact) mass is 601 g/mol. The average Bonchev–Trinajstić information content (AvgIpc) is 3.48. The van der Waals surface area contributed by atoms with E-state index >= 15 is 0 Å². The van der Waals surface area contributed by atoms with Gasteiger partial charge in [-0.1, -0.05) is 43.6 Å². The molecule has 1 fully saturated rings. The molecule has 0 unspecified atom stereocenters. The number of thiocarbonyl (C=S) groups is 1. The molecule has 1 aliphatic rings. The van der Waals surface area contributed by atoms with Crippen molar-refractivity contribution in [3.8, 4) is 5.69 Å². The van der Waals surface area contributed by atoms with Crippen LogP contribution in [0.4, 0.5) is 11.4 Å². The number of nitrogens with one attached hydrogen (secondary N) is 2. The molecule has 1 aliphatic heterocycles. The number of anilines is 2. The molecule has 2 atom stereocenters. The number of nitrogens with zero attached hydrogens (tertiary/aromatic N) is 3. The zero-order valence-corrected chi connectivity index (χ0v) is 25.6. The van der Waals surface area contributed by atoms with Crippen molar-refractivity contribution in [3.05, 3.63) is 106 Å². The van der Waals surface area contributed by atoms with E-state index in [0.29, 0.717) is 21.4 Å². The Morgan fingerprint density at radius 1 is 1.07 bits per heavy atom. The van der Waals surface area contributed by atoms with Gasteiger partial charge in [-0.3, -0.25) is 9.78 Å². The quantitative estimate of drug-likeness (QED) is 0.180. The number of amides is 1. The van der Waals surface area contributed by atoms with E-state index in [-0.39, 0.29) is 23.9 Å². The molecule has 10 heteroatoms. The molecule has 2 N–H and O–H groups in total. The molecule has 1 amide bonds. The minimum Gasteiger partial charge on any atom is -0.465 e. The second-order valence-corrected chi connectivity index (χ2v) is 11.3. The van der Waals surface area contributed by atoms with E-state index in [1.807, 2.05) is 81.1 Å². The minimum atomic E-state index is -0.407. The van der Waals surface area contributed by atoms with Gasteiger partial charge in [-0.25, -0.2) is 4.79 Å². The van der Waals surface area contributed by atoms with E-state index in [2.05, 4.69) is 26.3 Å². The third-order valence-corrected chi connectivity index (χ3v) is 8.08. The van der Waals surface area contributed by atoms with Crippen molar-refractivity contribution in [1.82, 2.24) is 14.9 Å². The van der Waals surface area contributed by atoms with Crippen LogP contribution in [-0.4, -0.2) is 33.6 Å². The first-order valence-corrected chi connectivity index (χ1v) is 14.4. The second-order valence-electron chi connectivity index (χ2n) is 10.5. The van der Waals surface area contributed by atoms with Gasteiger partial charge in [-0.2, -0.15) is 0 Å². The molecule has 2 aromatic heterocycles. The van der Waals surface area contributed by atoms with Crippen molar-refractivity contribution >= 4 is 52.2 Å². The number of rotatable bonds is 7. The zero-order chi connectivity index (χ0) is 30.1. The molecular weight excluding hydrogens is 570 g/mol. The molecule has 0 radical (unpaired) electrons. The lowest BCUT2D eigenvalue weighted by Crippen LogP contribution is -2.29. The molecular formula is C32H32ClN5O3S. The standard InChI is InChI=1S/C32H32ClN5O3S/c1-18(2)30(39)35-25-14-13-21(17-24(25)33)38-29(28(36-32(38)42)26-11-8-9-15-34-26)23-16-19(3)37(20(23)4)27-12-7-6-10-22(27)31(40)41-5/h6-18,28-29H,1-5H3,(H,35,39)(H,36,42)/t28-,29-/m0/s1. The molecule has 4 aromatic rings. The van der Waals surface area contributed by atoms with Gasteiger partial charge in [0.2, 0.25) is 5.91 Å². The van der Waals surface area contributed by atoms with Crippen molar-refractivity contribution in [1.29, 1.82) is 0 Å². The van der Waals surface area contributed by atoms with Crippen LogP contribution in [0, 0.1) is 19.8 Å². The van der Waals surface area contributed by atoms with E-state index in [4.69, 9.17) is 28.6 Å². The zero-order valence-electron chi connectivity index (χ0n) is 24.0. The Morgan fingerprint density at radius 2 is 1.81 bits per heavy atom. The maximum absolute atomic E-state index is 12.7. The summed E-state index contributed by atoms with van der Waals surface area (Å²) in [5.74, 6) is -0.703. The van der Waals surface area contributed by atoms with Gasteiger partial charge in [0, 0.05) is 29.2 Å². The Kier molecular flexibility index (Phi) is 8.34. The van der Waals surface area contributed by atoms with Crippen molar-refractivity contribution in [2.24, 2.45) is 5.92 Å². The van der Waals surface area contributed by atoms with Gasteiger partial charge in [-0.05, 0) is 80.2 Å². The van der Waals surface area contributed by atoms with Crippen LogP contribution in [0.15, 0.2) is 72.9 Å². The number of para-hydroxylation sites is 1. The number of methoxy groups -OCH3 is 1. The van der Waals surface area contributed by atoms with Crippen LogP contribution in [0.1, 0.15) is 58.9 Å². The highest BCUT2D eigenvalue weighted by Gasteiger charge is 2.42. The first-order chi connectivity index (χ1) is 20.1. The summed E-state index contributed by atoms with van der Waals surface area (Å²) in [5, 5.41) is 7.29. The number of aryl methyl sites for hydroxylation is 1. The van der Waals surface area contributed by atoms with Crippen LogP contribution < -0.4 is 15.5 Å². The number of benzene rings is 2. The fourth-order valence-corrected chi connectivity index (χ4v) is 5.96. The summed E-state index contributed by atoms with van der Waals surface area (Å²) in [6, 6.07) is 20.2. The SMILES string of the molecule is COC(=O)c1ccccc1-n1c(C)cc([C@H]2[C@H](c3ccccn3)NC(=S)N2c2ccc(NC(=O)C(C)C)c(Cl)c2)c1C. The Balaban J connectivity index is 1.64.